The number of aliphatic hydroxyl groups excluding tert-OH is 1. The van der Waals surface area contributed by atoms with Gasteiger partial charge in [-0.3, -0.25) is 14.5 Å². The van der Waals surface area contributed by atoms with E-state index in [1.54, 1.807) is 26.1 Å². The third-order valence-electron chi connectivity index (χ3n) is 5.00. The Bertz CT molecular complexity index is 1130. The lowest BCUT2D eigenvalue weighted by Crippen LogP contribution is -2.31. The van der Waals surface area contributed by atoms with Crippen LogP contribution >= 0.6 is 0 Å². The highest BCUT2D eigenvalue weighted by atomic mass is 19.1. The number of para-hydroxylation sites is 1. The number of ketones is 1. The first-order chi connectivity index (χ1) is 13.4. The van der Waals surface area contributed by atoms with Gasteiger partial charge in [0.25, 0.3) is 5.91 Å². The fraction of sp³-hybridized carbons (Fsp3) is 0.182. The summed E-state index contributed by atoms with van der Waals surface area (Å²) in [5.41, 5.74) is 1.82. The van der Waals surface area contributed by atoms with Gasteiger partial charge >= 0.3 is 0 Å². The summed E-state index contributed by atoms with van der Waals surface area (Å²) < 4.78 is 13.9. The zero-order valence-corrected chi connectivity index (χ0v) is 15.4. The maximum absolute atomic E-state index is 13.9. The van der Waals surface area contributed by atoms with Crippen molar-refractivity contribution in [3.8, 4) is 0 Å². The second kappa shape index (κ2) is 6.64. The maximum Gasteiger partial charge on any atom is 0.294 e. The van der Waals surface area contributed by atoms with Crippen LogP contribution in [-0.2, 0) is 9.59 Å². The summed E-state index contributed by atoms with van der Waals surface area (Å²) >= 11 is 0. The fourth-order valence-electron chi connectivity index (χ4n) is 3.67. The molecule has 2 heterocycles. The van der Waals surface area contributed by atoms with Gasteiger partial charge in [0.1, 0.15) is 5.82 Å². The summed E-state index contributed by atoms with van der Waals surface area (Å²) in [6.07, 6.45) is 1.72. The Balaban J connectivity index is 1.96. The van der Waals surface area contributed by atoms with E-state index in [-0.39, 0.29) is 17.0 Å². The SMILES string of the molecule is CC(C)C(=O)C1=C(O)C(=O)N(c2cccc(F)c2)C1c1c[nH]c2ccccc12. The Kier molecular flexibility index (Phi) is 4.26. The maximum atomic E-state index is 13.9. The molecule has 5 nitrogen and oxygen atoms in total. The van der Waals surface area contributed by atoms with Crippen molar-refractivity contribution >= 4 is 28.3 Å². The zero-order valence-electron chi connectivity index (χ0n) is 15.4. The minimum Gasteiger partial charge on any atom is -0.503 e. The van der Waals surface area contributed by atoms with Crippen molar-refractivity contribution in [2.75, 3.05) is 4.90 Å². The Morgan fingerprint density at radius 1 is 1.18 bits per heavy atom. The molecule has 2 aromatic carbocycles. The molecule has 0 bridgehead atoms. The van der Waals surface area contributed by atoms with Crippen LogP contribution in [0.2, 0.25) is 0 Å². The van der Waals surface area contributed by atoms with Gasteiger partial charge in [-0.2, -0.15) is 0 Å². The number of hydrogen-bond donors (Lipinski definition) is 2. The number of anilines is 1. The standard InChI is InChI=1S/C22H19FN2O3/c1-12(2)20(26)18-19(16-11-24-17-9-4-3-8-15(16)17)25(22(28)21(18)27)14-7-5-6-13(23)10-14/h3-12,19,24,27H,1-2H3. The Morgan fingerprint density at radius 2 is 1.93 bits per heavy atom. The summed E-state index contributed by atoms with van der Waals surface area (Å²) in [4.78, 5) is 30.3. The van der Waals surface area contributed by atoms with Gasteiger partial charge in [-0.1, -0.05) is 38.1 Å². The molecule has 28 heavy (non-hydrogen) atoms. The number of amides is 1. The monoisotopic (exact) mass is 378 g/mol. The largest absolute Gasteiger partial charge is 0.503 e. The number of carbonyl (C=O) groups is 2. The number of aromatic nitrogens is 1. The fourth-order valence-corrected chi connectivity index (χ4v) is 3.67. The molecule has 3 aromatic rings. The molecule has 1 aliphatic heterocycles. The van der Waals surface area contributed by atoms with Crippen LogP contribution in [-0.4, -0.2) is 21.8 Å². The first-order valence-electron chi connectivity index (χ1n) is 9.02. The van der Waals surface area contributed by atoms with Crippen molar-refractivity contribution in [2.24, 2.45) is 5.92 Å². The van der Waals surface area contributed by atoms with Gasteiger partial charge in [-0.05, 0) is 24.3 Å². The molecule has 142 valence electrons. The van der Waals surface area contributed by atoms with Crippen LogP contribution in [0, 0.1) is 11.7 Å². The van der Waals surface area contributed by atoms with Crippen molar-refractivity contribution < 1.29 is 19.1 Å². The number of aliphatic hydroxyl groups is 1. The third-order valence-corrected chi connectivity index (χ3v) is 5.00. The number of nitrogens with zero attached hydrogens (tertiary/aromatic N) is 1. The van der Waals surface area contributed by atoms with E-state index in [0.717, 1.165) is 10.9 Å². The van der Waals surface area contributed by atoms with Gasteiger partial charge in [0, 0.05) is 34.3 Å². The molecule has 0 saturated heterocycles. The molecular formula is C22H19FN2O3. The number of H-pyrrole nitrogens is 1. The minimum absolute atomic E-state index is 0.0361. The molecule has 0 spiro atoms. The molecule has 1 unspecified atom stereocenters. The van der Waals surface area contributed by atoms with Crippen LogP contribution in [0.1, 0.15) is 25.5 Å². The minimum atomic E-state index is -0.847. The highest BCUT2D eigenvalue weighted by Gasteiger charge is 2.45. The van der Waals surface area contributed by atoms with Crippen molar-refractivity contribution in [2.45, 2.75) is 19.9 Å². The lowest BCUT2D eigenvalue weighted by molar-refractivity contribution is -0.119. The van der Waals surface area contributed by atoms with Crippen LogP contribution in [0.5, 0.6) is 0 Å². The highest BCUT2D eigenvalue weighted by molar-refractivity contribution is 6.17. The van der Waals surface area contributed by atoms with Crippen LogP contribution in [0.4, 0.5) is 10.1 Å². The molecule has 0 fully saturated rings. The smallest absolute Gasteiger partial charge is 0.294 e. The number of carbonyl (C=O) groups excluding carboxylic acids is 2. The van der Waals surface area contributed by atoms with Gasteiger partial charge in [-0.25, -0.2) is 4.39 Å². The van der Waals surface area contributed by atoms with Crippen molar-refractivity contribution in [1.29, 1.82) is 0 Å². The van der Waals surface area contributed by atoms with E-state index in [9.17, 15) is 19.1 Å². The number of benzene rings is 2. The van der Waals surface area contributed by atoms with Gasteiger partial charge in [-0.15, -0.1) is 0 Å². The first kappa shape index (κ1) is 18.0. The van der Waals surface area contributed by atoms with Crippen LogP contribution in [0.25, 0.3) is 10.9 Å². The molecule has 2 N–H and O–H groups in total. The molecule has 6 heteroatoms. The zero-order chi connectivity index (χ0) is 20.0. The van der Waals surface area contributed by atoms with Crippen molar-refractivity contribution in [3.63, 3.8) is 0 Å². The second-order valence-electron chi connectivity index (χ2n) is 7.13. The quantitative estimate of drug-likeness (QED) is 0.705. The lowest BCUT2D eigenvalue weighted by Gasteiger charge is -2.27. The number of nitrogens with one attached hydrogen (secondary N) is 1. The summed E-state index contributed by atoms with van der Waals surface area (Å²) in [7, 11) is 0. The van der Waals surface area contributed by atoms with E-state index < -0.39 is 29.4 Å². The van der Waals surface area contributed by atoms with Crippen LogP contribution in [0.3, 0.4) is 0 Å². The predicted octanol–water partition coefficient (Wildman–Crippen LogP) is 4.43. The van der Waals surface area contributed by atoms with Gasteiger partial charge in [0.2, 0.25) is 0 Å². The number of aromatic amines is 1. The lowest BCUT2D eigenvalue weighted by atomic mass is 9.91. The number of hydrogen-bond acceptors (Lipinski definition) is 3. The van der Waals surface area contributed by atoms with E-state index >= 15 is 0 Å². The van der Waals surface area contributed by atoms with Crippen molar-refractivity contribution in [1.82, 2.24) is 4.98 Å². The number of halogens is 1. The molecule has 1 atom stereocenters. The van der Waals surface area contributed by atoms with Crippen molar-refractivity contribution in [3.05, 3.63) is 77.4 Å². The van der Waals surface area contributed by atoms with E-state index in [1.807, 2.05) is 24.3 Å². The van der Waals surface area contributed by atoms with Gasteiger partial charge < -0.3 is 10.1 Å². The summed E-state index contributed by atoms with van der Waals surface area (Å²) in [6, 6.07) is 12.2. The van der Waals surface area contributed by atoms with Crippen LogP contribution < -0.4 is 4.90 Å². The average Bonchev–Trinajstić information content (AvgIpc) is 3.20. The van der Waals surface area contributed by atoms with E-state index in [0.29, 0.717) is 5.56 Å². The van der Waals surface area contributed by atoms with Gasteiger partial charge in [0.15, 0.2) is 11.5 Å². The number of Topliss-reactive ketones (excluding diaryl/α,β-unsaturated/α-hetero) is 1. The molecule has 1 amide bonds. The second-order valence-corrected chi connectivity index (χ2v) is 7.13. The molecular weight excluding hydrogens is 359 g/mol. The molecule has 1 aromatic heterocycles. The molecule has 0 saturated carbocycles. The molecule has 4 rings (SSSR count). The van der Waals surface area contributed by atoms with E-state index in [2.05, 4.69) is 4.98 Å². The third kappa shape index (κ3) is 2.69. The highest BCUT2D eigenvalue weighted by Crippen LogP contribution is 2.43. The van der Waals surface area contributed by atoms with E-state index in [4.69, 9.17) is 0 Å². The average molecular weight is 378 g/mol. The number of rotatable bonds is 4. The number of fused-ring (bicyclic) bond motifs is 1. The Morgan fingerprint density at radius 3 is 2.64 bits per heavy atom. The normalized spacial score (nSPS) is 17.2. The summed E-state index contributed by atoms with van der Waals surface area (Å²) in [5, 5.41) is 11.4. The first-order valence-corrected chi connectivity index (χ1v) is 9.02. The molecule has 1 aliphatic rings. The van der Waals surface area contributed by atoms with E-state index in [1.165, 1.54) is 23.1 Å². The molecule has 0 aliphatic carbocycles. The molecule has 0 radical (unpaired) electrons. The summed E-state index contributed by atoms with van der Waals surface area (Å²) in [6.45, 7) is 3.43. The van der Waals surface area contributed by atoms with Crippen LogP contribution in [0.15, 0.2) is 66.1 Å². The van der Waals surface area contributed by atoms with Gasteiger partial charge in [0.05, 0.1) is 11.6 Å². The predicted molar refractivity (Wildman–Crippen MR) is 104 cm³/mol. The summed E-state index contributed by atoms with van der Waals surface area (Å²) in [5.74, 6) is -2.54. The Labute approximate surface area is 161 Å². The topological polar surface area (TPSA) is 73.4 Å². The Hall–Kier alpha value is -3.41.